The smallest absolute Gasteiger partial charge is 0.120 e. The number of anilines is 1. The highest BCUT2D eigenvalue weighted by atomic mass is 16.3. The van der Waals surface area contributed by atoms with Gasteiger partial charge in [0.1, 0.15) is 5.75 Å². The van der Waals surface area contributed by atoms with Gasteiger partial charge in [0.05, 0.1) is 0 Å². The van der Waals surface area contributed by atoms with Crippen molar-refractivity contribution in [2.45, 2.75) is 71.6 Å². The number of nitrogens with one attached hydrogen (secondary N) is 1. The minimum absolute atomic E-state index is 0.444. The molecule has 0 fully saturated rings. The summed E-state index contributed by atoms with van der Waals surface area (Å²) < 4.78 is 0. The molecule has 0 spiro atoms. The summed E-state index contributed by atoms with van der Waals surface area (Å²) in [5.74, 6) is 0.444. The summed E-state index contributed by atoms with van der Waals surface area (Å²) in [5.41, 5.74) is 2.22. The lowest BCUT2D eigenvalue weighted by atomic mass is 10.0. The molecule has 1 aromatic carbocycles. The summed E-state index contributed by atoms with van der Waals surface area (Å²) in [6.07, 6.45) is 11.0. The van der Waals surface area contributed by atoms with E-state index < -0.39 is 0 Å². The van der Waals surface area contributed by atoms with E-state index in [0.29, 0.717) is 5.75 Å². The van der Waals surface area contributed by atoms with E-state index in [9.17, 15) is 5.11 Å². The second-order valence-corrected chi connectivity index (χ2v) is 5.60. The fourth-order valence-electron chi connectivity index (χ4n) is 2.51. The van der Waals surface area contributed by atoms with Crippen LogP contribution >= 0.6 is 0 Å². The number of hydrogen-bond acceptors (Lipinski definition) is 2. The van der Waals surface area contributed by atoms with Crippen LogP contribution in [0.4, 0.5) is 5.69 Å². The molecular formula is C18H31NO. The van der Waals surface area contributed by atoms with Gasteiger partial charge >= 0.3 is 0 Å². The molecule has 1 aromatic rings. The number of rotatable bonds is 11. The zero-order chi connectivity index (χ0) is 14.6. The second-order valence-electron chi connectivity index (χ2n) is 5.60. The van der Waals surface area contributed by atoms with Gasteiger partial charge in [-0.25, -0.2) is 0 Å². The Morgan fingerprint density at radius 1 is 0.900 bits per heavy atom. The summed E-state index contributed by atoms with van der Waals surface area (Å²) in [4.78, 5) is 0. The van der Waals surface area contributed by atoms with Gasteiger partial charge in [0, 0.05) is 17.8 Å². The Morgan fingerprint density at radius 3 is 2.30 bits per heavy atom. The van der Waals surface area contributed by atoms with Gasteiger partial charge in [0.15, 0.2) is 0 Å². The van der Waals surface area contributed by atoms with Crippen molar-refractivity contribution in [3.63, 3.8) is 0 Å². The van der Waals surface area contributed by atoms with Crippen LogP contribution in [0.25, 0.3) is 0 Å². The monoisotopic (exact) mass is 277 g/mol. The molecule has 0 aliphatic carbocycles. The largest absolute Gasteiger partial charge is 0.508 e. The van der Waals surface area contributed by atoms with E-state index in [4.69, 9.17) is 0 Å². The molecule has 0 aliphatic rings. The molecule has 0 amide bonds. The lowest BCUT2D eigenvalue weighted by molar-refractivity contribution is 0.466. The molecule has 20 heavy (non-hydrogen) atoms. The molecule has 0 aromatic heterocycles. The fraction of sp³-hybridized carbons (Fsp3) is 0.667. The Bertz CT molecular complexity index is 362. The Labute approximate surface area is 124 Å². The molecule has 0 aliphatic heterocycles. The van der Waals surface area contributed by atoms with Gasteiger partial charge in [-0.15, -0.1) is 0 Å². The molecule has 0 heterocycles. The predicted octanol–water partition coefficient (Wildman–Crippen LogP) is 5.51. The maximum atomic E-state index is 10.0. The van der Waals surface area contributed by atoms with Crippen molar-refractivity contribution in [3.05, 3.63) is 23.8 Å². The van der Waals surface area contributed by atoms with Gasteiger partial charge in [-0.1, -0.05) is 58.4 Å². The van der Waals surface area contributed by atoms with E-state index in [2.05, 4.69) is 25.2 Å². The molecule has 1 rings (SSSR count). The summed E-state index contributed by atoms with van der Waals surface area (Å²) in [7, 11) is 0. The number of unbranched alkanes of at least 4 members (excludes halogenated alkanes) is 6. The fourth-order valence-corrected chi connectivity index (χ4v) is 2.51. The Kier molecular flexibility index (Phi) is 8.93. The van der Waals surface area contributed by atoms with Crippen molar-refractivity contribution < 1.29 is 5.11 Å². The zero-order valence-electron chi connectivity index (χ0n) is 13.3. The average molecular weight is 277 g/mol. The van der Waals surface area contributed by atoms with Crippen molar-refractivity contribution in [1.29, 1.82) is 0 Å². The molecule has 0 bridgehead atoms. The predicted molar refractivity (Wildman–Crippen MR) is 88.6 cm³/mol. The maximum Gasteiger partial charge on any atom is 0.120 e. The number of hydrogen-bond donors (Lipinski definition) is 2. The van der Waals surface area contributed by atoms with E-state index in [1.54, 1.807) is 6.07 Å². The van der Waals surface area contributed by atoms with Gasteiger partial charge in [-0.05, 0) is 31.4 Å². The summed E-state index contributed by atoms with van der Waals surface area (Å²) in [5, 5.41) is 13.5. The highest BCUT2D eigenvalue weighted by Crippen LogP contribution is 2.27. The van der Waals surface area contributed by atoms with Gasteiger partial charge in [-0.2, -0.15) is 0 Å². The van der Waals surface area contributed by atoms with E-state index in [1.807, 2.05) is 6.07 Å². The van der Waals surface area contributed by atoms with Crippen molar-refractivity contribution in [1.82, 2.24) is 0 Å². The maximum absolute atomic E-state index is 10.0. The SMILES string of the molecule is CCCCCCNc1cccc(O)c1CCCCCC. The first-order chi connectivity index (χ1) is 9.79. The normalized spacial score (nSPS) is 10.7. The van der Waals surface area contributed by atoms with Gasteiger partial charge in [-0.3, -0.25) is 0 Å². The lowest BCUT2D eigenvalue weighted by Crippen LogP contribution is -2.04. The lowest BCUT2D eigenvalue weighted by Gasteiger charge is -2.13. The van der Waals surface area contributed by atoms with Crippen LogP contribution in [-0.2, 0) is 6.42 Å². The number of phenols is 1. The van der Waals surface area contributed by atoms with Crippen molar-refractivity contribution in [2.24, 2.45) is 0 Å². The average Bonchev–Trinajstić information content (AvgIpc) is 2.45. The molecule has 0 atom stereocenters. The molecule has 114 valence electrons. The minimum atomic E-state index is 0.444. The molecule has 2 nitrogen and oxygen atoms in total. The number of benzene rings is 1. The topological polar surface area (TPSA) is 32.3 Å². The van der Waals surface area contributed by atoms with Crippen LogP contribution in [0.2, 0.25) is 0 Å². The standard InChI is InChI=1S/C18H31NO/c1-3-5-7-9-12-16-17(13-11-14-18(16)20)19-15-10-8-6-4-2/h11,13-14,19-20H,3-10,12,15H2,1-2H3. The number of phenolic OH excluding ortho intramolecular Hbond substituents is 1. The highest BCUT2D eigenvalue weighted by molar-refractivity contribution is 5.57. The first-order valence-electron chi connectivity index (χ1n) is 8.34. The van der Waals surface area contributed by atoms with Crippen LogP contribution in [0, 0.1) is 0 Å². The zero-order valence-corrected chi connectivity index (χ0v) is 13.3. The van der Waals surface area contributed by atoms with Crippen LogP contribution in [0.5, 0.6) is 5.75 Å². The molecule has 2 heteroatoms. The van der Waals surface area contributed by atoms with Gasteiger partial charge in [0.2, 0.25) is 0 Å². The third-order valence-corrected chi connectivity index (χ3v) is 3.78. The highest BCUT2D eigenvalue weighted by Gasteiger charge is 2.07. The second kappa shape index (κ2) is 10.6. The van der Waals surface area contributed by atoms with E-state index >= 15 is 0 Å². The summed E-state index contributed by atoms with van der Waals surface area (Å²) in [6, 6.07) is 5.82. The van der Waals surface area contributed by atoms with Gasteiger partial charge in [0.25, 0.3) is 0 Å². The Balaban J connectivity index is 2.45. The first-order valence-corrected chi connectivity index (χ1v) is 8.34. The van der Waals surface area contributed by atoms with Crippen molar-refractivity contribution in [3.8, 4) is 5.75 Å². The number of aromatic hydroxyl groups is 1. The quantitative estimate of drug-likeness (QED) is 0.523. The summed E-state index contributed by atoms with van der Waals surface area (Å²) in [6.45, 7) is 5.46. The summed E-state index contributed by atoms with van der Waals surface area (Å²) >= 11 is 0. The van der Waals surface area contributed by atoms with E-state index in [-0.39, 0.29) is 0 Å². The first kappa shape index (κ1) is 16.9. The van der Waals surface area contributed by atoms with E-state index in [0.717, 1.165) is 30.6 Å². The van der Waals surface area contributed by atoms with Crippen LogP contribution < -0.4 is 5.32 Å². The molecule has 2 N–H and O–H groups in total. The van der Waals surface area contributed by atoms with Crippen molar-refractivity contribution in [2.75, 3.05) is 11.9 Å². The van der Waals surface area contributed by atoms with Crippen LogP contribution in [0.15, 0.2) is 18.2 Å². The third kappa shape index (κ3) is 6.31. The van der Waals surface area contributed by atoms with Gasteiger partial charge < -0.3 is 10.4 Å². The molecule has 0 saturated carbocycles. The Morgan fingerprint density at radius 2 is 1.60 bits per heavy atom. The molecule has 0 unspecified atom stereocenters. The van der Waals surface area contributed by atoms with Crippen LogP contribution in [0.1, 0.15) is 70.8 Å². The van der Waals surface area contributed by atoms with Crippen LogP contribution in [0.3, 0.4) is 0 Å². The van der Waals surface area contributed by atoms with E-state index in [1.165, 1.54) is 44.9 Å². The molecule has 0 saturated heterocycles. The minimum Gasteiger partial charge on any atom is -0.508 e. The molecule has 0 radical (unpaired) electrons. The molecular weight excluding hydrogens is 246 g/mol. The van der Waals surface area contributed by atoms with Crippen LogP contribution in [-0.4, -0.2) is 11.7 Å². The Hall–Kier alpha value is -1.18. The third-order valence-electron chi connectivity index (χ3n) is 3.78. The van der Waals surface area contributed by atoms with Crippen molar-refractivity contribution >= 4 is 5.69 Å².